The van der Waals surface area contributed by atoms with E-state index in [1.54, 1.807) is 12.1 Å². The summed E-state index contributed by atoms with van der Waals surface area (Å²) in [6.45, 7) is 1.59. The quantitative estimate of drug-likeness (QED) is 0.588. The number of fused-ring (bicyclic) bond motifs is 1. The molecule has 0 unspecified atom stereocenters. The average molecular weight is 429 g/mol. The fourth-order valence-electron chi connectivity index (χ4n) is 4.67. The van der Waals surface area contributed by atoms with Crippen LogP contribution in [-0.4, -0.2) is 55.7 Å². The van der Waals surface area contributed by atoms with Crippen LogP contribution in [0.5, 0.6) is 0 Å². The number of anilines is 1. The number of aliphatic hydroxyl groups is 2. The second-order valence-electron chi connectivity index (χ2n) is 8.42. The maximum absolute atomic E-state index is 12.5. The normalized spacial score (nSPS) is 30.2. The Morgan fingerprint density at radius 1 is 1.42 bits per heavy atom. The van der Waals surface area contributed by atoms with E-state index in [9.17, 15) is 20.3 Å². The molecule has 2 aromatic rings. The molecule has 10 nitrogen and oxygen atoms in total. The zero-order valence-electron chi connectivity index (χ0n) is 17.3. The van der Waals surface area contributed by atoms with Gasteiger partial charge in [0.15, 0.2) is 5.82 Å². The highest BCUT2D eigenvalue weighted by molar-refractivity contribution is 5.72. The van der Waals surface area contributed by atoms with Crippen molar-refractivity contribution in [3.8, 4) is 6.07 Å². The van der Waals surface area contributed by atoms with E-state index >= 15 is 0 Å². The molecule has 4 rings (SSSR count). The molecule has 1 aliphatic carbocycles. The maximum Gasteiger partial charge on any atom is 0.309 e. The van der Waals surface area contributed by atoms with Crippen molar-refractivity contribution in [1.29, 1.82) is 5.26 Å². The summed E-state index contributed by atoms with van der Waals surface area (Å²) in [4.78, 5) is 16.4. The van der Waals surface area contributed by atoms with Crippen molar-refractivity contribution in [1.82, 2.24) is 14.6 Å². The first-order chi connectivity index (χ1) is 14.9. The molecule has 0 amide bonds. The zero-order chi connectivity index (χ0) is 22.2. The molecule has 2 fully saturated rings. The predicted octanol–water partition coefficient (Wildman–Crippen LogP) is 0.911. The Hall–Kier alpha value is -2.74. The molecule has 0 aromatic carbocycles. The Bertz CT molecular complexity index is 998. The van der Waals surface area contributed by atoms with Crippen molar-refractivity contribution in [2.45, 2.75) is 62.9 Å². The number of carbonyl (C=O) groups is 1. The maximum atomic E-state index is 12.5. The second kappa shape index (κ2) is 8.42. The Kier molecular flexibility index (Phi) is 5.83. The van der Waals surface area contributed by atoms with Gasteiger partial charge < -0.3 is 25.4 Å². The van der Waals surface area contributed by atoms with Crippen molar-refractivity contribution < 1.29 is 24.5 Å². The van der Waals surface area contributed by atoms with Gasteiger partial charge in [-0.25, -0.2) is 9.50 Å². The molecule has 3 heterocycles. The number of hydrogen-bond acceptors (Lipinski definition) is 9. The van der Waals surface area contributed by atoms with Gasteiger partial charge in [-0.15, -0.1) is 0 Å². The molecular weight excluding hydrogens is 402 g/mol. The molecule has 1 saturated carbocycles. The average Bonchev–Trinajstić information content (AvgIpc) is 3.34. The molecule has 10 heteroatoms. The molecule has 0 bridgehead atoms. The largest absolute Gasteiger partial charge is 0.463 e. The number of nitriles is 1. The van der Waals surface area contributed by atoms with Crippen LogP contribution in [0.15, 0.2) is 18.5 Å². The van der Waals surface area contributed by atoms with Gasteiger partial charge >= 0.3 is 5.97 Å². The van der Waals surface area contributed by atoms with E-state index in [0.717, 1.165) is 25.7 Å². The summed E-state index contributed by atoms with van der Waals surface area (Å²) in [5.74, 6) is -0.125. The fourth-order valence-corrected chi connectivity index (χ4v) is 4.67. The number of nitrogen functional groups attached to an aromatic ring is 1. The van der Waals surface area contributed by atoms with Crippen molar-refractivity contribution in [2.75, 3.05) is 12.3 Å². The van der Waals surface area contributed by atoms with Crippen LogP contribution in [0.1, 0.15) is 44.7 Å². The van der Waals surface area contributed by atoms with Crippen molar-refractivity contribution in [3.63, 3.8) is 0 Å². The monoisotopic (exact) mass is 429 g/mol. The van der Waals surface area contributed by atoms with Crippen LogP contribution >= 0.6 is 0 Å². The van der Waals surface area contributed by atoms with Crippen LogP contribution < -0.4 is 5.73 Å². The molecule has 31 heavy (non-hydrogen) atoms. The van der Waals surface area contributed by atoms with Crippen LogP contribution in [0.25, 0.3) is 5.52 Å². The first-order valence-electron chi connectivity index (χ1n) is 10.6. The van der Waals surface area contributed by atoms with E-state index in [1.807, 2.05) is 13.0 Å². The van der Waals surface area contributed by atoms with Crippen LogP contribution in [-0.2, 0) is 19.9 Å². The lowest BCUT2D eigenvalue weighted by Crippen LogP contribution is -2.41. The first kappa shape index (κ1) is 21.5. The predicted molar refractivity (Wildman–Crippen MR) is 108 cm³/mol. The standard InChI is InChI=1S/C21H27N5O5/c1-12(13-5-3-2-4-6-13)20(29)30-9-15-17(27)18(28)21(10-22,31-15)16-8-7-14-19(23)24-11-25-26(14)16/h7-8,11-13,15,17-18,27-28H,2-6,9H2,1H3,(H2,23,24,25)/t12-,15+,17+,18+,21-/m0/s1. The number of nitrogens with zero attached hydrogens (tertiary/aromatic N) is 4. The molecule has 5 atom stereocenters. The lowest BCUT2D eigenvalue weighted by atomic mass is 9.81. The third-order valence-corrected chi connectivity index (χ3v) is 6.61. The summed E-state index contributed by atoms with van der Waals surface area (Å²) >= 11 is 0. The number of esters is 1. The van der Waals surface area contributed by atoms with Crippen molar-refractivity contribution >= 4 is 17.3 Å². The van der Waals surface area contributed by atoms with Gasteiger partial charge in [0.2, 0.25) is 5.60 Å². The van der Waals surface area contributed by atoms with E-state index in [2.05, 4.69) is 10.1 Å². The van der Waals surface area contributed by atoms with Crippen molar-refractivity contribution in [2.24, 2.45) is 11.8 Å². The van der Waals surface area contributed by atoms with Crippen LogP contribution in [0.3, 0.4) is 0 Å². The molecule has 166 valence electrons. The SMILES string of the molecule is C[C@H](C(=O)OC[C@H]1O[C@@](C#N)(c2ccc3c(N)ncnn23)[C@H](O)[C@@H]1O)C1CCCCC1. The number of carbonyl (C=O) groups excluding carboxylic acids is 1. The lowest BCUT2D eigenvalue weighted by molar-refractivity contribution is -0.157. The number of hydrogen-bond donors (Lipinski definition) is 3. The number of aliphatic hydroxyl groups excluding tert-OH is 2. The van der Waals surface area contributed by atoms with E-state index in [1.165, 1.54) is 17.3 Å². The molecule has 0 radical (unpaired) electrons. The molecular formula is C21H27N5O5. The highest BCUT2D eigenvalue weighted by Crippen LogP contribution is 2.40. The van der Waals surface area contributed by atoms with E-state index < -0.39 is 23.9 Å². The van der Waals surface area contributed by atoms with Gasteiger partial charge in [-0.3, -0.25) is 4.79 Å². The fraction of sp³-hybridized carbons (Fsp3) is 0.619. The van der Waals surface area contributed by atoms with Crippen LogP contribution in [0.2, 0.25) is 0 Å². The molecule has 1 saturated heterocycles. The number of aromatic nitrogens is 3. The third-order valence-electron chi connectivity index (χ3n) is 6.61. The van der Waals surface area contributed by atoms with E-state index in [-0.39, 0.29) is 35.9 Å². The van der Waals surface area contributed by atoms with Gasteiger partial charge in [0.1, 0.15) is 42.8 Å². The minimum atomic E-state index is -1.90. The van der Waals surface area contributed by atoms with Gasteiger partial charge in [-0.1, -0.05) is 26.2 Å². The minimum Gasteiger partial charge on any atom is -0.463 e. The van der Waals surface area contributed by atoms with E-state index in [0.29, 0.717) is 5.52 Å². The summed E-state index contributed by atoms with van der Waals surface area (Å²) in [7, 11) is 0. The topological polar surface area (TPSA) is 156 Å². The number of ether oxygens (including phenoxy) is 2. The Labute approximate surface area is 179 Å². The van der Waals surface area contributed by atoms with Gasteiger partial charge in [0.05, 0.1) is 11.6 Å². The van der Waals surface area contributed by atoms with Crippen LogP contribution in [0.4, 0.5) is 5.82 Å². The molecule has 0 spiro atoms. The highest BCUT2D eigenvalue weighted by Gasteiger charge is 2.57. The summed E-state index contributed by atoms with van der Waals surface area (Å²) in [5, 5.41) is 35.3. The smallest absolute Gasteiger partial charge is 0.309 e. The van der Waals surface area contributed by atoms with Gasteiger partial charge in [0, 0.05) is 0 Å². The van der Waals surface area contributed by atoms with Crippen LogP contribution in [0, 0.1) is 23.2 Å². The lowest BCUT2D eigenvalue weighted by Gasteiger charge is -2.27. The second-order valence-corrected chi connectivity index (χ2v) is 8.42. The van der Waals surface area contributed by atoms with Gasteiger partial charge in [-0.05, 0) is 30.9 Å². The summed E-state index contributed by atoms with van der Waals surface area (Å²) in [5.41, 5.74) is 4.59. The molecule has 1 aliphatic heterocycles. The summed E-state index contributed by atoms with van der Waals surface area (Å²) < 4.78 is 12.6. The Morgan fingerprint density at radius 2 is 2.16 bits per heavy atom. The van der Waals surface area contributed by atoms with Crippen molar-refractivity contribution in [3.05, 3.63) is 24.2 Å². The molecule has 4 N–H and O–H groups in total. The highest BCUT2D eigenvalue weighted by atomic mass is 16.6. The van der Waals surface area contributed by atoms with Gasteiger partial charge in [0.25, 0.3) is 0 Å². The summed E-state index contributed by atoms with van der Waals surface area (Å²) in [6, 6.07) is 5.11. The third kappa shape index (κ3) is 3.63. The Balaban J connectivity index is 1.50. The number of nitrogens with two attached hydrogens (primary N) is 1. The first-order valence-corrected chi connectivity index (χ1v) is 10.6. The zero-order valence-corrected chi connectivity index (χ0v) is 17.3. The molecule has 2 aromatic heterocycles. The van der Waals surface area contributed by atoms with E-state index in [4.69, 9.17) is 15.2 Å². The minimum absolute atomic E-state index is 0.199. The molecule has 2 aliphatic rings. The van der Waals surface area contributed by atoms with Gasteiger partial charge in [-0.2, -0.15) is 10.4 Å². The summed E-state index contributed by atoms with van der Waals surface area (Å²) in [6.07, 6.45) is 2.57. The Morgan fingerprint density at radius 3 is 2.87 bits per heavy atom. The number of rotatable bonds is 5.